The molecule has 0 aliphatic heterocycles. The van der Waals surface area contributed by atoms with Gasteiger partial charge >= 0.3 is 12.0 Å². The Morgan fingerprint density at radius 1 is 1.53 bits per heavy atom. The van der Waals surface area contributed by atoms with Crippen molar-refractivity contribution in [1.82, 2.24) is 4.98 Å². The lowest BCUT2D eigenvalue weighted by atomic mass is 10.4. The Bertz CT molecular complexity index is 451. The highest BCUT2D eigenvalue weighted by Crippen LogP contribution is 2.34. The molecule has 0 radical (unpaired) electrons. The molecular formula is C7H4F3IN2O4. The molecule has 0 N–H and O–H groups in total. The van der Waals surface area contributed by atoms with Crippen molar-refractivity contribution in [1.29, 1.82) is 0 Å². The standard InChI is InChI=1S/C7H4F3IN2O4/c1-16-6-3(13(14)15)2-4(5(11)12-6)17-7(8,9)10/h2H,1H3. The van der Waals surface area contributed by atoms with Crippen molar-refractivity contribution < 1.29 is 27.6 Å². The molecule has 0 atom stereocenters. The fourth-order valence-electron chi connectivity index (χ4n) is 0.924. The Kier molecular flexibility index (Phi) is 3.95. The molecule has 0 spiro atoms. The van der Waals surface area contributed by atoms with Crippen molar-refractivity contribution in [2.45, 2.75) is 6.36 Å². The van der Waals surface area contributed by atoms with E-state index >= 15 is 0 Å². The minimum atomic E-state index is -4.94. The first-order valence-electron chi connectivity index (χ1n) is 3.89. The number of nitro groups is 1. The molecule has 0 saturated heterocycles. The lowest BCUT2D eigenvalue weighted by molar-refractivity contribution is -0.386. The van der Waals surface area contributed by atoms with Gasteiger partial charge in [-0.1, -0.05) is 0 Å². The van der Waals surface area contributed by atoms with Crippen molar-refractivity contribution in [3.8, 4) is 11.6 Å². The first kappa shape index (κ1) is 13.7. The van der Waals surface area contributed by atoms with Gasteiger partial charge in [-0.2, -0.15) is 4.98 Å². The topological polar surface area (TPSA) is 74.5 Å². The number of nitrogens with zero attached hydrogens (tertiary/aromatic N) is 2. The van der Waals surface area contributed by atoms with Crippen LogP contribution in [0.15, 0.2) is 6.07 Å². The Morgan fingerprint density at radius 3 is 2.53 bits per heavy atom. The van der Waals surface area contributed by atoms with Gasteiger partial charge in [-0.3, -0.25) is 10.1 Å². The van der Waals surface area contributed by atoms with Crippen LogP contribution in [0, 0.1) is 13.8 Å². The van der Waals surface area contributed by atoms with E-state index in [0.29, 0.717) is 6.07 Å². The zero-order valence-corrected chi connectivity index (χ0v) is 10.3. The van der Waals surface area contributed by atoms with Gasteiger partial charge in [0.25, 0.3) is 5.88 Å². The molecule has 0 aromatic carbocycles. The monoisotopic (exact) mass is 364 g/mol. The number of halogens is 4. The molecule has 0 unspecified atom stereocenters. The van der Waals surface area contributed by atoms with E-state index in [-0.39, 0.29) is 9.58 Å². The van der Waals surface area contributed by atoms with Gasteiger partial charge in [-0.05, 0) is 22.6 Å². The minimum absolute atomic E-state index is 0.192. The van der Waals surface area contributed by atoms with Gasteiger partial charge in [-0.15, -0.1) is 13.2 Å². The molecule has 17 heavy (non-hydrogen) atoms. The number of aromatic nitrogens is 1. The molecule has 10 heteroatoms. The van der Waals surface area contributed by atoms with E-state index in [4.69, 9.17) is 0 Å². The maximum Gasteiger partial charge on any atom is 0.573 e. The number of ether oxygens (including phenoxy) is 2. The predicted molar refractivity (Wildman–Crippen MR) is 56.8 cm³/mol. The van der Waals surface area contributed by atoms with Crippen LogP contribution in [-0.2, 0) is 0 Å². The molecule has 0 aliphatic carbocycles. The van der Waals surface area contributed by atoms with E-state index in [1.165, 1.54) is 22.6 Å². The predicted octanol–water partition coefficient (Wildman–Crippen LogP) is 2.50. The summed E-state index contributed by atoms with van der Waals surface area (Å²) in [5.74, 6) is -1.13. The molecule has 0 fully saturated rings. The molecular weight excluding hydrogens is 360 g/mol. The smallest absolute Gasteiger partial charge is 0.476 e. The third kappa shape index (κ3) is 3.57. The van der Waals surface area contributed by atoms with Crippen LogP contribution >= 0.6 is 22.6 Å². The summed E-state index contributed by atoms with van der Waals surface area (Å²) in [6.45, 7) is 0. The Labute approximate surface area is 106 Å². The van der Waals surface area contributed by atoms with E-state index in [2.05, 4.69) is 14.5 Å². The Balaban J connectivity index is 3.25. The van der Waals surface area contributed by atoms with Crippen LogP contribution in [0.3, 0.4) is 0 Å². The number of methoxy groups -OCH3 is 1. The number of alkyl halides is 3. The molecule has 1 aromatic heterocycles. The number of pyridine rings is 1. The second-order valence-electron chi connectivity index (χ2n) is 2.61. The van der Waals surface area contributed by atoms with Crippen molar-refractivity contribution in [2.24, 2.45) is 0 Å². The van der Waals surface area contributed by atoms with Gasteiger partial charge in [0.05, 0.1) is 18.1 Å². The highest BCUT2D eigenvalue weighted by Gasteiger charge is 2.34. The second-order valence-corrected chi connectivity index (χ2v) is 3.63. The summed E-state index contributed by atoms with van der Waals surface area (Å²) in [6.07, 6.45) is -4.94. The van der Waals surface area contributed by atoms with Crippen LogP contribution in [0.2, 0.25) is 0 Å². The zero-order chi connectivity index (χ0) is 13.2. The van der Waals surface area contributed by atoms with Crippen molar-refractivity contribution in [3.63, 3.8) is 0 Å². The first-order chi connectivity index (χ1) is 7.74. The summed E-state index contributed by atoms with van der Waals surface area (Å²) in [5.41, 5.74) is -0.702. The van der Waals surface area contributed by atoms with Crippen LogP contribution in [-0.4, -0.2) is 23.4 Å². The largest absolute Gasteiger partial charge is 0.573 e. The molecule has 0 saturated carbocycles. The Hall–Kier alpha value is -1.33. The van der Waals surface area contributed by atoms with Crippen LogP contribution < -0.4 is 9.47 Å². The normalized spacial score (nSPS) is 11.1. The molecule has 1 heterocycles. The van der Waals surface area contributed by atoms with Crippen LogP contribution in [0.1, 0.15) is 0 Å². The first-order valence-corrected chi connectivity index (χ1v) is 4.97. The molecule has 1 rings (SSSR count). The fraction of sp³-hybridized carbons (Fsp3) is 0.286. The van der Waals surface area contributed by atoms with Gasteiger partial charge in [0, 0.05) is 0 Å². The summed E-state index contributed by atoms with van der Waals surface area (Å²) in [7, 11) is 1.12. The molecule has 0 amide bonds. The second kappa shape index (κ2) is 4.89. The fourth-order valence-corrected chi connectivity index (χ4v) is 1.41. The lowest BCUT2D eigenvalue weighted by Gasteiger charge is -2.10. The third-order valence-electron chi connectivity index (χ3n) is 1.51. The zero-order valence-electron chi connectivity index (χ0n) is 8.12. The van der Waals surface area contributed by atoms with Crippen molar-refractivity contribution >= 4 is 28.3 Å². The average Bonchev–Trinajstić information content (AvgIpc) is 2.18. The van der Waals surface area contributed by atoms with Gasteiger partial charge in [0.1, 0.15) is 3.70 Å². The van der Waals surface area contributed by atoms with E-state index in [0.717, 1.165) is 7.11 Å². The van der Waals surface area contributed by atoms with E-state index in [1.807, 2.05) is 0 Å². The molecule has 94 valence electrons. The number of rotatable bonds is 3. The summed E-state index contributed by atoms with van der Waals surface area (Å²) in [5, 5.41) is 10.6. The van der Waals surface area contributed by atoms with E-state index in [9.17, 15) is 23.3 Å². The molecule has 1 aromatic rings. The highest BCUT2D eigenvalue weighted by molar-refractivity contribution is 14.1. The maximum absolute atomic E-state index is 12.0. The van der Waals surface area contributed by atoms with Crippen molar-refractivity contribution in [2.75, 3.05) is 7.11 Å². The van der Waals surface area contributed by atoms with E-state index < -0.39 is 22.7 Å². The SMILES string of the molecule is COc1nc(I)c(OC(F)(F)F)cc1[N+](=O)[O-]. The summed E-state index contributed by atoms with van der Waals surface area (Å²) in [4.78, 5) is 13.1. The van der Waals surface area contributed by atoms with E-state index in [1.54, 1.807) is 0 Å². The van der Waals surface area contributed by atoms with Crippen LogP contribution in [0.25, 0.3) is 0 Å². The number of hydrogen-bond donors (Lipinski definition) is 0. The number of hydrogen-bond acceptors (Lipinski definition) is 5. The quantitative estimate of drug-likeness (QED) is 0.357. The van der Waals surface area contributed by atoms with Gasteiger partial charge in [0.2, 0.25) is 0 Å². The third-order valence-corrected chi connectivity index (χ3v) is 2.28. The molecule has 6 nitrogen and oxygen atoms in total. The van der Waals surface area contributed by atoms with Crippen molar-refractivity contribution in [3.05, 3.63) is 19.9 Å². The summed E-state index contributed by atoms with van der Waals surface area (Å²) >= 11 is 1.45. The maximum atomic E-state index is 12.0. The lowest BCUT2D eigenvalue weighted by Crippen LogP contribution is -2.18. The molecule has 0 aliphatic rings. The highest BCUT2D eigenvalue weighted by atomic mass is 127. The Morgan fingerprint density at radius 2 is 2.12 bits per heavy atom. The summed E-state index contributed by atoms with van der Waals surface area (Å²) < 4.78 is 43.9. The van der Waals surface area contributed by atoms with Gasteiger partial charge < -0.3 is 9.47 Å². The average molecular weight is 364 g/mol. The van der Waals surface area contributed by atoms with Crippen LogP contribution in [0.5, 0.6) is 11.6 Å². The molecule has 0 bridgehead atoms. The van der Waals surface area contributed by atoms with Gasteiger partial charge in [-0.25, -0.2) is 0 Å². The summed E-state index contributed by atoms with van der Waals surface area (Å²) in [6, 6.07) is 0.612. The van der Waals surface area contributed by atoms with Gasteiger partial charge in [0.15, 0.2) is 5.75 Å². The minimum Gasteiger partial charge on any atom is -0.476 e. The van der Waals surface area contributed by atoms with Crippen LogP contribution in [0.4, 0.5) is 18.9 Å².